The molecule has 1 aromatic carbocycles. The number of nitrogens with zero attached hydrogens (tertiary/aromatic N) is 1. The van der Waals surface area contributed by atoms with Crippen molar-refractivity contribution < 1.29 is 12.8 Å². The Kier molecular flexibility index (Phi) is 3.30. The fraction of sp³-hybridized carbons (Fsp3) is 0.417. The molecule has 1 heterocycles. The second-order valence-corrected chi connectivity index (χ2v) is 6.60. The number of hydrogen-bond acceptors (Lipinski definition) is 5. The molecule has 0 aliphatic heterocycles. The van der Waals surface area contributed by atoms with Gasteiger partial charge in [-0.15, -0.1) is 0 Å². The number of anilines is 1. The van der Waals surface area contributed by atoms with Crippen molar-refractivity contribution in [2.75, 3.05) is 5.73 Å². The Hall–Kier alpha value is -1.56. The molecule has 0 saturated carbocycles. The number of sulfone groups is 1. The fourth-order valence-electron chi connectivity index (χ4n) is 1.78. The Morgan fingerprint density at radius 2 is 2.17 bits per heavy atom. The highest BCUT2D eigenvalue weighted by atomic mass is 32.2. The molecule has 98 valence electrons. The molecule has 5 nitrogen and oxygen atoms in total. The Morgan fingerprint density at radius 3 is 2.83 bits per heavy atom. The van der Waals surface area contributed by atoms with E-state index in [0.717, 1.165) is 6.42 Å². The highest BCUT2D eigenvalue weighted by molar-refractivity contribution is 7.91. The minimum Gasteiger partial charge on any atom is -0.428 e. The molecule has 0 bridgehead atoms. The molecule has 0 radical (unpaired) electrons. The quantitative estimate of drug-likeness (QED) is 0.860. The highest BCUT2D eigenvalue weighted by Gasteiger charge is 2.28. The molecule has 1 unspecified atom stereocenters. The Morgan fingerprint density at radius 1 is 1.44 bits per heavy atom. The number of nitrogen functional groups attached to an aromatic ring is 1. The predicted molar refractivity (Wildman–Crippen MR) is 70.0 cm³/mol. The maximum absolute atomic E-state index is 12.2. The van der Waals surface area contributed by atoms with E-state index >= 15 is 0 Å². The zero-order chi connectivity index (χ0) is 13.3. The number of oxazole rings is 1. The third kappa shape index (κ3) is 2.20. The molecule has 1 aromatic heterocycles. The number of aromatic nitrogens is 1. The van der Waals surface area contributed by atoms with Crippen LogP contribution in [0.2, 0.25) is 0 Å². The first kappa shape index (κ1) is 12.9. The van der Waals surface area contributed by atoms with E-state index in [2.05, 4.69) is 4.98 Å². The maximum atomic E-state index is 12.2. The summed E-state index contributed by atoms with van der Waals surface area (Å²) in [4.78, 5) is 4.01. The van der Waals surface area contributed by atoms with Gasteiger partial charge in [0.2, 0.25) is 9.84 Å². The molecular formula is C12H16N2O3S. The minimum absolute atomic E-state index is 0.218. The first-order valence-corrected chi connectivity index (χ1v) is 7.39. The molecule has 2 rings (SSSR count). The largest absolute Gasteiger partial charge is 0.428 e. The molecule has 1 atom stereocenters. The highest BCUT2D eigenvalue weighted by Crippen LogP contribution is 2.24. The van der Waals surface area contributed by atoms with E-state index in [1.165, 1.54) is 0 Å². The van der Waals surface area contributed by atoms with Crippen LogP contribution in [0.1, 0.15) is 26.7 Å². The molecule has 0 aliphatic carbocycles. The van der Waals surface area contributed by atoms with Crippen molar-refractivity contribution in [1.29, 1.82) is 0 Å². The van der Waals surface area contributed by atoms with E-state index in [4.69, 9.17) is 10.2 Å². The molecule has 6 heteroatoms. The van der Waals surface area contributed by atoms with Crippen LogP contribution < -0.4 is 5.73 Å². The third-order valence-corrected chi connectivity index (χ3v) is 4.82. The zero-order valence-corrected chi connectivity index (χ0v) is 11.2. The summed E-state index contributed by atoms with van der Waals surface area (Å²) in [5, 5.41) is -0.711. The summed E-state index contributed by atoms with van der Waals surface area (Å²) in [6, 6.07) is 4.88. The standard InChI is InChI=1S/C12H16N2O3S/c1-3-4-8(2)18(15,16)12-14-10-7-9(13)5-6-11(10)17-12/h5-8H,3-4,13H2,1-2H3. The number of hydrogen-bond donors (Lipinski definition) is 1. The van der Waals surface area contributed by atoms with Crippen molar-refractivity contribution in [2.45, 2.75) is 37.2 Å². The summed E-state index contributed by atoms with van der Waals surface area (Å²) in [6.45, 7) is 3.61. The van der Waals surface area contributed by atoms with Gasteiger partial charge in [-0.05, 0) is 31.5 Å². The van der Waals surface area contributed by atoms with Crippen molar-refractivity contribution >= 4 is 26.6 Å². The van der Waals surface area contributed by atoms with Gasteiger partial charge >= 0.3 is 5.22 Å². The molecular weight excluding hydrogens is 252 g/mol. The monoisotopic (exact) mass is 268 g/mol. The van der Waals surface area contributed by atoms with E-state index in [-0.39, 0.29) is 5.22 Å². The molecule has 2 aromatic rings. The van der Waals surface area contributed by atoms with Crippen LogP contribution in [0, 0.1) is 0 Å². The van der Waals surface area contributed by atoms with Crippen LogP contribution in [-0.4, -0.2) is 18.7 Å². The van der Waals surface area contributed by atoms with Gasteiger partial charge in [-0.3, -0.25) is 0 Å². The fourth-order valence-corrected chi connectivity index (χ4v) is 3.10. The molecule has 0 saturated heterocycles. The molecule has 0 spiro atoms. The van der Waals surface area contributed by atoms with Crippen molar-refractivity contribution in [1.82, 2.24) is 4.98 Å². The van der Waals surface area contributed by atoms with E-state index in [1.54, 1.807) is 25.1 Å². The van der Waals surface area contributed by atoms with Gasteiger partial charge in [-0.1, -0.05) is 13.3 Å². The molecule has 2 N–H and O–H groups in total. The number of benzene rings is 1. The van der Waals surface area contributed by atoms with E-state index in [0.29, 0.717) is 23.2 Å². The Labute approximate surface area is 106 Å². The summed E-state index contributed by atoms with van der Waals surface area (Å²) >= 11 is 0. The van der Waals surface area contributed by atoms with Gasteiger partial charge in [-0.25, -0.2) is 8.42 Å². The second kappa shape index (κ2) is 4.61. The van der Waals surface area contributed by atoms with E-state index < -0.39 is 15.1 Å². The van der Waals surface area contributed by atoms with Crippen molar-refractivity contribution in [3.8, 4) is 0 Å². The lowest BCUT2D eigenvalue weighted by molar-refractivity contribution is 0.452. The van der Waals surface area contributed by atoms with Gasteiger partial charge in [-0.2, -0.15) is 4.98 Å². The van der Waals surface area contributed by atoms with E-state index in [9.17, 15) is 8.42 Å². The van der Waals surface area contributed by atoms with Crippen molar-refractivity contribution in [3.63, 3.8) is 0 Å². The van der Waals surface area contributed by atoms with Gasteiger partial charge in [0, 0.05) is 5.69 Å². The lowest BCUT2D eigenvalue weighted by atomic mass is 10.3. The SMILES string of the molecule is CCCC(C)S(=O)(=O)c1nc2cc(N)ccc2o1. The minimum atomic E-state index is -3.49. The smallest absolute Gasteiger partial charge is 0.316 e. The normalized spacial score (nSPS) is 13.9. The van der Waals surface area contributed by atoms with Gasteiger partial charge < -0.3 is 10.2 Å². The van der Waals surface area contributed by atoms with Crippen molar-refractivity contribution in [3.05, 3.63) is 18.2 Å². The summed E-state index contributed by atoms with van der Waals surface area (Å²) < 4.78 is 29.7. The number of fused-ring (bicyclic) bond motifs is 1. The van der Waals surface area contributed by atoms with Crippen LogP contribution in [0.3, 0.4) is 0 Å². The predicted octanol–water partition coefficient (Wildman–Crippen LogP) is 2.37. The number of nitrogens with two attached hydrogens (primary N) is 1. The average molecular weight is 268 g/mol. The van der Waals surface area contributed by atoms with Crippen molar-refractivity contribution in [2.24, 2.45) is 0 Å². The van der Waals surface area contributed by atoms with Gasteiger partial charge in [0.15, 0.2) is 5.58 Å². The lowest BCUT2D eigenvalue weighted by Crippen LogP contribution is -2.17. The van der Waals surface area contributed by atoms with Gasteiger partial charge in [0.05, 0.1) is 5.25 Å². The molecule has 0 amide bonds. The topological polar surface area (TPSA) is 86.2 Å². The van der Waals surface area contributed by atoms with Crippen LogP contribution in [0.4, 0.5) is 5.69 Å². The third-order valence-electron chi connectivity index (χ3n) is 2.86. The number of rotatable bonds is 4. The second-order valence-electron chi connectivity index (χ2n) is 4.35. The van der Waals surface area contributed by atoms with Crippen LogP contribution in [0.15, 0.2) is 27.8 Å². The summed E-state index contributed by atoms with van der Waals surface area (Å²) in [7, 11) is -3.49. The first-order valence-electron chi connectivity index (χ1n) is 5.85. The Balaban J connectivity index is 2.48. The van der Waals surface area contributed by atoms with Crippen LogP contribution in [0.5, 0.6) is 0 Å². The summed E-state index contributed by atoms with van der Waals surface area (Å²) in [5.41, 5.74) is 7.05. The van der Waals surface area contributed by atoms with Crippen LogP contribution in [-0.2, 0) is 9.84 Å². The first-order chi connectivity index (χ1) is 8.45. The van der Waals surface area contributed by atoms with E-state index in [1.807, 2.05) is 6.92 Å². The maximum Gasteiger partial charge on any atom is 0.316 e. The van der Waals surface area contributed by atoms with Crippen LogP contribution in [0.25, 0.3) is 11.1 Å². The lowest BCUT2D eigenvalue weighted by Gasteiger charge is -2.07. The zero-order valence-electron chi connectivity index (χ0n) is 10.4. The average Bonchev–Trinajstić information content (AvgIpc) is 2.72. The van der Waals surface area contributed by atoms with Crippen LogP contribution >= 0.6 is 0 Å². The Bertz CT molecular complexity index is 661. The molecule has 0 aliphatic rings. The summed E-state index contributed by atoms with van der Waals surface area (Å²) in [6.07, 6.45) is 1.39. The molecule has 0 fully saturated rings. The summed E-state index contributed by atoms with van der Waals surface area (Å²) in [5.74, 6) is 0. The molecule has 18 heavy (non-hydrogen) atoms. The van der Waals surface area contributed by atoms with Gasteiger partial charge in [0.1, 0.15) is 5.52 Å². The van der Waals surface area contributed by atoms with Gasteiger partial charge in [0.25, 0.3) is 0 Å².